The number of hydrogen-bond donors (Lipinski definition) is 0. The molecule has 0 spiro atoms. The van der Waals surface area contributed by atoms with Crippen LogP contribution in [0.1, 0.15) is 35.7 Å². The first kappa shape index (κ1) is 18.0. The van der Waals surface area contributed by atoms with Crippen molar-refractivity contribution in [2.75, 3.05) is 24.7 Å². The van der Waals surface area contributed by atoms with Crippen molar-refractivity contribution in [3.63, 3.8) is 0 Å². The molecule has 5 heteroatoms. The molecule has 3 rings (SSSR count). The third-order valence-corrected chi connectivity index (χ3v) is 4.36. The first-order valence-corrected chi connectivity index (χ1v) is 8.88. The Bertz CT molecular complexity index is 815. The fourth-order valence-electron chi connectivity index (χ4n) is 3.02. The van der Waals surface area contributed by atoms with Crippen LogP contribution in [0.4, 0.5) is 5.69 Å². The maximum atomic E-state index is 12.6. The molecule has 0 radical (unpaired) electrons. The van der Waals surface area contributed by atoms with Crippen LogP contribution in [0.25, 0.3) is 0 Å². The molecule has 2 aromatic rings. The molecular formula is C21H23NO4. The number of aryl methyl sites for hydroxylation is 1. The van der Waals surface area contributed by atoms with E-state index >= 15 is 0 Å². The van der Waals surface area contributed by atoms with Gasteiger partial charge in [-0.3, -0.25) is 9.59 Å². The van der Waals surface area contributed by atoms with E-state index in [2.05, 4.69) is 0 Å². The van der Waals surface area contributed by atoms with Crippen molar-refractivity contribution in [2.24, 2.45) is 0 Å². The van der Waals surface area contributed by atoms with Crippen LogP contribution in [-0.4, -0.2) is 31.4 Å². The molecule has 1 aliphatic rings. The topological polar surface area (TPSA) is 55.8 Å². The maximum absolute atomic E-state index is 12.6. The number of ether oxygens (including phenoxy) is 2. The van der Waals surface area contributed by atoms with Crippen LogP contribution >= 0.6 is 0 Å². The number of carbonyl (C=O) groups is 2. The number of ketones is 1. The highest BCUT2D eigenvalue weighted by Gasteiger charge is 2.18. The van der Waals surface area contributed by atoms with Gasteiger partial charge in [-0.05, 0) is 49.7 Å². The van der Waals surface area contributed by atoms with E-state index in [1.165, 1.54) is 0 Å². The van der Waals surface area contributed by atoms with E-state index in [0.717, 1.165) is 11.3 Å². The van der Waals surface area contributed by atoms with Crippen molar-refractivity contribution in [3.05, 3.63) is 53.6 Å². The Kier molecular flexibility index (Phi) is 5.56. The highest BCUT2D eigenvalue weighted by Crippen LogP contribution is 2.31. The van der Waals surface area contributed by atoms with E-state index < -0.39 is 0 Å². The van der Waals surface area contributed by atoms with E-state index in [4.69, 9.17) is 9.47 Å². The SMILES string of the molecule is CCN(C(=O)CCC(=O)c1ccc2c(c1)OCCO2)c1cccc(C)c1. The van der Waals surface area contributed by atoms with Crippen LogP contribution in [0, 0.1) is 6.92 Å². The fraction of sp³-hybridized carbons (Fsp3) is 0.333. The van der Waals surface area contributed by atoms with Gasteiger partial charge in [0.05, 0.1) is 0 Å². The Hall–Kier alpha value is -2.82. The largest absolute Gasteiger partial charge is 0.486 e. The lowest BCUT2D eigenvalue weighted by molar-refractivity contribution is -0.118. The summed E-state index contributed by atoms with van der Waals surface area (Å²) < 4.78 is 11.0. The average Bonchev–Trinajstić information content (AvgIpc) is 2.66. The molecule has 2 aromatic carbocycles. The van der Waals surface area contributed by atoms with Crippen LogP contribution in [0.5, 0.6) is 11.5 Å². The second-order valence-electron chi connectivity index (χ2n) is 6.26. The molecular weight excluding hydrogens is 330 g/mol. The van der Waals surface area contributed by atoms with Gasteiger partial charge in [-0.25, -0.2) is 0 Å². The molecule has 0 aliphatic carbocycles. The second kappa shape index (κ2) is 8.04. The van der Waals surface area contributed by atoms with Gasteiger partial charge in [-0.1, -0.05) is 12.1 Å². The van der Waals surface area contributed by atoms with E-state index in [0.29, 0.717) is 36.8 Å². The number of amides is 1. The molecule has 0 unspecified atom stereocenters. The van der Waals surface area contributed by atoms with Gasteiger partial charge >= 0.3 is 0 Å². The number of hydrogen-bond acceptors (Lipinski definition) is 4. The Morgan fingerprint density at radius 3 is 2.50 bits per heavy atom. The van der Waals surface area contributed by atoms with Crippen LogP contribution in [0.15, 0.2) is 42.5 Å². The van der Waals surface area contributed by atoms with Crippen molar-refractivity contribution >= 4 is 17.4 Å². The van der Waals surface area contributed by atoms with Gasteiger partial charge in [0.1, 0.15) is 13.2 Å². The van der Waals surface area contributed by atoms with Gasteiger partial charge in [0, 0.05) is 30.6 Å². The minimum atomic E-state index is -0.0735. The summed E-state index contributed by atoms with van der Waals surface area (Å²) in [6.45, 7) is 5.49. The van der Waals surface area contributed by atoms with Crippen LogP contribution in [0.3, 0.4) is 0 Å². The smallest absolute Gasteiger partial charge is 0.227 e. The first-order valence-electron chi connectivity index (χ1n) is 8.88. The standard InChI is InChI=1S/C21H23NO4/c1-3-22(17-6-4-5-15(2)13-17)21(24)10-8-18(23)16-7-9-19-20(14-16)26-12-11-25-19/h4-7,9,13-14H,3,8,10-12H2,1-2H3. The molecule has 0 aromatic heterocycles. The fourth-order valence-corrected chi connectivity index (χ4v) is 3.02. The van der Waals surface area contributed by atoms with Crippen molar-refractivity contribution in [1.82, 2.24) is 0 Å². The molecule has 0 bridgehead atoms. The van der Waals surface area contributed by atoms with Gasteiger partial charge in [-0.15, -0.1) is 0 Å². The zero-order chi connectivity index (χ0) is 18.5. The lowest BCUT2D eigenvalue weighted by Crippen LogP contribution is -2.30. The minimum Gasteiger partial charge on any atom is -0.486 e. The molecule has 0 saturated heterocycles. The lowest BCUT2D eigenvalue weighted by Gasteiger charge is -2.21. The molecule has 5 nitrogen and oxygen atoms in total. The Labute approximate surface area is 153 Å². The Balaban J connectivity index is 1.64. The summed E-state index contributed by atoms with van der Waals surface area (Å²) in [5.74, 6) is 1.11. The van der Waals surface area contributed by atoms with Crippen LogP contribution in [-0.2, 0) is 4.79 Å². The molecule has 1 heterocycles. The minimum absolute atomic E-state index is 0.0519. The Morgan fingerprint density at radius 1 is 1.00 bits per heavy atom. The summed E-state index contributed by atoms with van der Waals surface area (Å²) in [5, 5.41) is 0. The molecule has 26 heavy (non-hydrogen) atoms. The zero-order valence-electron chi connectivity index (χ0n) is 15.2. The summed E-state index contributed by atoms with van der Waals surface area (Å²) in [7, 11) is 0. The third kappa shape index (κ3) is 4.04. The normalized spacial score (nSPS) is 12.5. The van der Waals surface area contributed by atoms with E-state index in [-0.39, 0.29) is 24.5 Å². The molecule has 0 fully saturated rings. The number of fused-ring (bicyclic) bond motifs is 1. The Morgan fingerprint density at radius 2 is 1.77 bits per heavy atom. The number of carbonyl (C=O) groups excluding carboxylic acids is 2. The maximum Gasteiger partial charge on any atom is 0.227 e. The van der Waals surface area contributed by atoms with E-state index in [1.807, 2.05) is 38.1 Å². The van der Waals surface area contributed by atoms with Crippen molar-refractivity contribution in [1.29, 1.82) is 0 Å². The van der Waals surface area contributed by atoms with Crippen molar-refractivity contribution < 1.29 is 19.1 Å². The highest BCUT2D eigenvalue weighted by molar-refractivity contribution is 6.01. The molecule has 0 saturated carbocycles. The number of benzene rings is 2. The number of Topliss-reactive ketones (excluding diaryl/α,β-unsaturated/α-hetero) is 1. The van der Waals surface area contributed by atoms with Crippen molar-refractivity contribution in [3.8, 4) is 11.5 Å². The van der Waals surface area contributed by atoms with Crippen LogP contribution in [0.2, 0.25) is 0 Å². The summed E-state index contributed by atoms with van der Waals surface area (Å²) in [4.78, 5) is 26.8. The summed E-state index contributed by atoms with van der Waals surface area (Å²) in [5.41, 5.74) is 2.51. The molecule has 1 amide bonds. The lowest BCUT2D eigenvalue weighted by atomic mass is 10.0. The van der Waals surface area contributed by atoms with Gasteiger partial charge in [0.25, 0.3) is 0 Å². The zero-order valence-corrected chi connectivity index (χ0v) is 15.2. The first-order chi connectivity index (χ1) is 12.6. The van der Waals surface area contributed by atoms with E-state index in [9.17, 15) is 9.59 Å². The molecule has 0 N–H and O–H groups in total. The average molecular weight is 353 g/mol. The number of anilines is 1. The van der Waals surface area contributed by atoms with E-state index in [1.54, 1.807) is 23.1 Å². The molecule has 136 valence electrons. The van der Waals surface area contributed by atoms with Gasteiger partial charge in [-0.2, -0.15) is 0 Å². The summed E-state index contributed by atoms with van der Waals surface area (Å²) in [6.07, 6.45) is 0.343. The van der Waals surface area contributed by atoms with Gasteiger partial charge in [0.15, 0.2) is 17.3 Å². The molecule has 0 atom stereocenters. The number of rotatable bonds is 6. The van der Waals surface area contributed by atoms with Crippen LogP contribution < -0.4 is 14.4 Å². The third-order valence-electron chi connectivity index (χ3n) is 4.36. The molecule has 1 aliphatic heterocycles. The quantitative estimate of drug-likeness (QED) is 0.742. The summed E-state index contributed by atoms with van der Waals surface area (Å²) >= 11 is 0. The highest BCUT2D eigenvalue weighted by atomic mass is 16.6. The van der Waals surface area contributed by atoms with Gasteiger partial charge in [0.2, 0.25) is 5.91 Å². The van der Waals surface area contributed by atoms with Gasteiger partial charge < -0.3 is 14.4 Å². The van der Waals surface area contributed by atoms with Crippen molar-refractivity contribution in [2.45, 2.75) is 26.7 Å². The second-order valence-corrected chi connectivity index (χ2v) is 6.26. The predicted molar refractivity (Wildman–Crippen MR) is 100 cm³/mol. The summed E-state index contributed by atoms with van der Waals surface area (Å²) in [6, 6.07) is 13.0. The predicted octanol–water partition coefficient (Wildman–Crippen LogP) is 3.78. The number of nitrogens with zero attached hydrogens (tertiary/aromatic N) is 1. The monoisotopic (exact) mass is 353 g/mol.